The molecule has 0 N–H and O–H groups in total. The Morgan fingerprint density at radius 3 is 3.05 bits per heavy atom. The Morgan fingerprint density at radius 1 is 1.45 bits per heavy atom. The first-order valence-corrected chi connectivity index (χ1v) is 6.30. The average molecular weight is 274 g/mol. The number of aromatic nitrogens is 5. The lowest BCUT2D eigenvalue weighted by atomic mass is 10.3. The first-order valence-electron chi connectivity index (χ1n) is 6.30. The number of carbonyl (C=O) groups excluding carboxylic acids is 1. The number of likely N-dealkylation sites (tertiary alicyclic amines) is 1. The number of rotatable bonds is 3. The molecule has 1 atom stereocenters. The van der Waals surface area contributed by atoms with Crippen molar-refractivity contribution >= 4 is 5.91 Å². The fourth-order valence-corrected chi connectivity index (χ4v) is 2.13. The van der Waals surface area contributed by atoms with Gasteiger partial charge in [0.25, 0.3) is 5.91 Å². The van der Waals surface area contributed by atoms with Crippen LogP contribution in [0.4, 0.5) is 0 Å². The summed E-state index contributed by atoms with van der Waals surface area (Å²) < 4.78 is 7.20. The Hall–Kier alpha value is -2.51. The minimum atomic E-state index is -0.122. The first-order chi connectivity index (χ1) is 9.72. The molecule has 1 aliphatic heterocycles. The van der Waals surface area contributed by atoms with Crippen molar-refractivity contribution < 1.29 is 9.53 Å². The van der Waals surface area contributed by atoms with E-state index in [1.807, 2.05) is 0 Å². The molecule has 104 valence electrons. The van der Waals surface area contributed by atoms with E-state index < -0.39 is 0 Å². The van der Waals surface area contributed by atoms with Crippen molar-refractivity contribution in [2.24, 2.45) is 7.05 Å². The second kappa shape index (κ2) is 5.24. The van der Waals surface area contributed by atoms with E-state index in [0.29, 0.717) is 24.7 Å². The fourth-order valence-electron chi connectivity index (χ4n) is 2.13. The number of hydrogen-bond donors (Lipinski definition) is 0. The second-order valence-electron chi connectivity index (χ2n) is 4.60. The summed E-state index contributed by atoms with van der Waals surface area (Å²) in [7, 11) is 1.73. The molecule has 3 heterocycles. The van der Waals surface area contributed by atoms with Crippen molar-refractivity contribution in [3.63, 3.8) is 0 Å². The molecule has 0 saturated carbocycles. The summed E-state index contributed by atoms with van der Waals surface area (Å²) in [5.41, 5.74) is 0.354. The molecule has 20 heavy (non-hydrogen) atoms. The molecule has 1 saturated heterocycles. The van der Waals surface area contributed by atoms with Gasteiger partial charge in [0.2, 0.25) is 5.88 Å². The molecule has 0 aliphatic carbocycles. The molecule has 1 amide bonds. The van der Waals surface area contributed by atoms with Gasteiger partial charge in [-0.15, -0.1) is 5.10 Å². The molecular weight excluding hydrogens is 260 g/mol. The van der Waals surface area contributed by atoms with Crippen LogP contribution >= 0.6 is 0 Å². The van der Waals surface area contributed by atoms with Gasteiger partial charge in [0.1, 0.15) is 6.10 Å². The van der Waals surface area contributed by atoms with E-state index in [-0.39, 0.29) is 12.0 Å². The third kappa shape index (κ3) is 2.58. The zero-order chi connectivity index (χ0) is 13.9. The van der Waals surface area contributed by atoms with E-state index in [1.165, 1.54) is 4.68 Å². The van der Waals surface area contributed by atoms with E-state index in [4.69, 9.17) is 4.74 Å². The van der Waals surface area contributed by atoms with Gasteiger partial charge in [0.05, 0.1) is 18.9 Å². The van der Waals surface area contributed by atoms with E-state index in [2.05, 4.69) is 20.3 Å². The normalized spacial score (nSPS) is 18.2. The molecule has 2 aromatic heterocycles. The van der Waals surface area contributed by atoms with Crippen LogP contribution < -0.4 is 4.74 Å². The zero-order valence-corrected chi connectivity index (χ0v) is 11.0. The van der Waals surface area contributed by atoms with Gasteiger partial charge in [-0.2, -0.15) is 0 Å². The van der Waals surface area contributed by atoms with E-state index in [9.17, 15) is 4.79 Å². The fraction of sp³-hybridized carbons (Fsp3) is 0.417. The Morgan fingerprint density at radius 2 is 2.35 bits per heavy atom. The first kappa shape index (κ1) is 12.5. The van der Waals surface area contributed by atoms with Gasteiger partial charge in [0, 0.05) is 32.4 Å². The van der Waals surface area contributed by atoms with E-state index in [0.717, 1.165) is 6.42 Å². The van der Waals surface area contributed by atoms with Gasteiger partial charge in [0.15, 0.2) is 5.69 Å². The Bertz CT molecular complexity index is 599. The van der Waals surface area contributed by atoms with Crippen molar-refractivity contribution in [1.29, 1.82) is 0 Å². The number of aryl methyl sites for hydroxylation is 1. The van der Waals surface area contributed by atoms with Gasteiger partial charge in [-0.05, 0) is 0 Å². The average Bonchev–Trinajstić information content (AvgIpc) is 3.08. The number of ether oxygens (including phenoxy) is 1. The predicted molar refractivity (Wildman–Crippen MR) is 68.0 cm³/mol. The summed E-state index contributed by atoms with van der Waals surface area (Å²) in [6.07, 6.45) is 7.04. The molecule has 0 bridgehead atoms. The minimum absolute atomic E-state index is 0.0627. The Balaban J connectivity index is 1.61. The van der Waals surface area contributed by atoms with Gasteiger partial charge in [-0.1, -0.05) is 5.21 Å². The van der Waals surface area contributed by atoms with Crippen molar-refractivity contribution in [3.8, 4) is 5.88 Å². The van der Waals surface area contributed by atoms with Crippen LogP contribution in [0.5, 0.6) is 5.88 Å². The SMILES string of the molecule is Cn1cc(C(=O)N2CCC(Oc3cnccn3)C2)nn1. The second-order valence-corrected chi connectivity index (χ2v) is 4.60. The molecule has 8 nitrogen and oxygen atoms in total. The molecule has 0 radical (unpaired) electrons. The number of carbonyl (C=O) groups is 1. The summed E-state index contributed by atoms with van der Waals surface area (Å²) in [4.78, 5) is 21.9. The minimum Gasteiger partial charge on any atom is -0.471 e. The standard InChI is InChI=1S/C12H14N6O2/c1-17-8-10(15-16-17)12(19)18-5-2-9(7-18)20-11-6-13-3-4-14-11/h3-4,6,8-9H,2,5,7H2,1H3. The molecule has 1 aliphatic rings. The highest BCUT2D eigenvalue weighted by Crippen LogP contribution is 2.17. The molecule has 1 fully saturated rings. The monoisotopic (exact) mass is 274 g/mol. The lowest BCUT2D eigenvalue weighted by Gasteiger charge is -2.15. The van der Waals surface area contributed by atoms with Crippen molar-refractivity contribution in [2.75, 3.05) is 13.1 Å². The number of hydrogen-bond acceptors (Lipinski definition) is 6. The molecular formula is C12H14N6O2. The third-order valence-corrected chi connectivity index (χ3v) is 3.08. The maximum atomic E-state index is 12.2. The molecule has 0 spiro atoms. The van der Waals surface area contributed by atoms with Crippen molar-refractivity contribution in [3.05, 3.63) is 30.5 Å². The molecule has 8 heteroatoms. The highest BCUT2D eigenvalue weighted by Gasteiger charge is 2.29. The van der Waals surface area contributed by atoms with Gasteiger partial charge < -0.3 is 9.64 Å². The van der Waals surface area contributed by atoms with Crippen LogP contribution in [0.25, 0.3) is 0 Å². The van der Waals surface area contributed by atoms with Gasteiger partial charge >= 0.3 is 0 Å². The van der Waals surface area contributed by atoms with Crippen molar-refractivity contribution in [2.45, 2.75) is 12.5 Å². The molecule has 3 rings (SSSR count). The molecule has 0 aromatic carbocycles. The number of amides is 1. The van der Waals surface area contributed by atoms with E-state index in [1.54, 1.807) is 36.7 Å². The lowest BCUT2D eigenvalue weighted by Crippen LogP contribution is -2.31. The maximum absolute atomic E-state index is 12.2. The summed E-state index contributed by atoms with van der Waals surface area (Å²) >= 11 is 0. The molecule has 2 aromatic rings. The topological polar surface area (TPSA) is 86.0 Å². The van der Waals surface area contributed by atoms with E-state index >= 15 is 0 Å². The van der Waals surface area contributed by atoms with Gasteiger partial charge in [-0.25, -0.2) is 4.98 Å². The maximum Gasteiger partial charge on any atom is 0.276 e. The zero-order valence-electron chi connectivity index (χ0n) is 11.0. The number of nitrogens with zero attached hydrogens (tertiary/aromatic N) is 6. The largest absolute Gasteiger partial charge is 0.471 e. The lowest BCUT2D eigenvalue weighted by molar-refractivity contribution is 0.0765. The quantitative estimate of drug-likeness (QED) is 0.776. The smallest absolute Gasteiger partial charge is 0.276 e. The van der Waals surface area contributed by atoms with Crippen LogP contribution in [0.2, 0.25) is 0 Å². The third-order valence-electron chi connectivity index (χ3n) is 3.08. The summed E-state index contributed by atoms with van der Waals surface area (Å²) in [6.45, 7) is 1.16. The summed E-state index contributed by atoms with van der Waals surface area (Å²) in [5.74, 6) is 0.356. The summed E-state index contributed by atoms with van der Waals surface area (Å²) in [6, 6.07) is 0. The van der Waals surface area contributed by atoms with Crippen molar-refractivity contribution in [1.82, 2.24) is 29.9 Å². The van der Waals surface area contributed by atoms with Crippen LogP contribution in [0.15, 0.2) is 24.8 Å². The highest BCUT2D eigenvalue weighted by molar-refractivity contribution is 5.92. The van der Waals surface area contributed by atoms with Crippen LogP contribution in [-0.4, -0.2) is 55.0 Å². The Kier molecular flexibility index (Phi) is 3.28. The predicted octanol–water partition coefficient (Wildman–Crippen LogP) is -0.101. The van der Waals surface area contributed by atoms with Crippen LogP contribution in [0.3, 0.4) is 0 Å². The highest BCUT2D eigenvalue weighted by atomic mass is 16.5. The van der Waals surface area contributed by atoms with Crippen LogP contribution in [0, 0.1) is 0 Å². The van der Waals surface area contributed by atoms with Crippen LogP contribution in [0.1, 0.15) is 16.9 Å². The Labute approximate surface area is 115 Å². The van der Waals surface area contributed by atoms with Gasteiger partial charge in [-0.3, -0.25) is 14.5 Å². The van der Waals surface area contributed by atoms with Crippen LogP contribution in [-0.2, 0) is 7.05 Å². The molecule has 1 unspecified atom stereocenters. The summed E-state index contributed by atoms with van der Waals surface area (Å²) in [5, 5.41) is 7.59.